The highest BCUT2D eigenvalue weighted by Gasteiger charge is 1.85. The Kier molecular flexibility index (Phi) is 12.5. The molecule has 0 saturated heterocycles. The Morgan fingerprint density at radius 1 is 0.733 bits per heavy atom. The molecule has 0 amide bonds. The van der Waals surface area contributed by atoms with Crippen LogP contribution in [0.4, 0.5) is 0 Å². The fourth-order valence-corrected chi connectivity index (χ4v) is 1.37. The molecular formula is C15H25. The molecule has 0 bridgehead atoms. The van der Waals surface area contributed by atoms with E-state index in [-0.39, 0.29) is 0 Å². The SMILES string of the molecule is [CH2]CCCCCC/C=C\C/C=C\CC=C. The Morgan fingerprint density at radius 3 is 2.13 bits per heavy atom. The van der Waals surface area contributed by atoms with Gasteiger partial charge in [0.15, 0.2) is 0 Å². The summed E-state index contributed by atoms with van der Waals surface area (Å²) in [5.74, 6) is 0. The van der Waals surface area contributed by atoms with Crippen LogP contribution in [0.5, 0.6) is 0 Å². The second-order valence-electron chi connectivity index (χ2n) is 3.76. The molecule has 0 heterocycles. The highest BCUT2D eigenvalue weighted by molar-refractivity contribution is 4.95. The highest BCUT2D eigenvalue weighted by Crippen LogP contribution is 2.05. The molecule has 0 aliphatic carbocycles. The van der Waals surface area contributed by atoms with Gasteiger partial charge in [-0.2, -0.15) is 0 Å². The molecule has 0 N–H and O–H groups in total. The normalized spacial score (nSPS) is 11.5. The summed E-state index contributed by atoms with van der Waals surface area (Å²) >= 11 is 0. The van der Waals surface area contributed by atoms with Crippen LogP contribution in [0.25, 0.3) is 0 Å². The molecule has 0 fully saturated rings. The molecule has 0 atom stereocenters. The minimum absolute atomic E-state index is 0.985. The van der Waals surface area contributed by atoms with E-state index >= 15 is 0 Å². The first-order chi connectivity index (χ1) is 7.41. The lowest BCUT2D eigenvalue weighted by atomic mass is 10.1. The monoisotopic (exact) mass is 205 g/mol. The van der Waals surface area contributed by atoms with Gasteiger partial charge in [0, 0.05) is 0 Å². The van der Waals surface area contributed by atoms with E-state index in [1.807, 2.05) is 6.08 Å². The highest BCUT2D eigenvalue weighted by atomic mass is 13.9. The van der Waals surface area contributed by atoms with Crippen molar-refractivity contribution in [2.24, 2.45) is 0 Å². The van der Waals surface area contributed by atoms with Gasteiger partial charge < -0.3 is 0 Å². The Balaban J connectivity index is 3.13. The quantitative estimate of drug-likeness (QED) is 0.338. The summed E-state index contributed by atoms with van der Waals surface area (Å²) in [6.45, 7) is 7.51. The zero-order chi connectivity index (χ0) is 11.2. The van der Waals surface area contributed by atoms with Crippen molar-refractivity contribution in [1.29, 1.82) is 0 Å². The van der Waals surface area contributed by atoms with E-state index in [4.69, 9.17) is 0 Å². The van der Waals surface area contributed by atoms with Crippen LogP contribution in [0.1, 0.15) is 51.4 Å². The molecule has 15 heavy (non-hydrogen) atoms. The van der Waals surface area contributed by atoms with E-state index in [9.17, 15) is 0 Å². The van der Waals surface area contributed by atoms with Crippen molar-refractivity contribution >= 4 is 0 Å². The summed E-state index contributed by atoms with van der Waals surface area (Å²) in [4.78, 5) is 0. The molecule has 0 saturated carbocycles. The fourth-order valence-electron chi connectivity index (χ4n) is 1.37. The van der Waals surface area contributed by atoms with Crippen LogP contribution < -0.4 is 0 Å². The first-order valence-electron chi connectivity index (χ1n) is 6.12. The Morgan fingerprint density at radius 2 is 1.40 bits per heavy atom. The molecule has 1 radical (unpaired) electrons. The molecule has 0 aromatic rings. The van der Waals surface area contributed by atoms with Gasteiger partial charge in [-0.1, -0.05) is 63.0 Å². The molecule has 0 nitrogen and oxygen atoms in total. The topological polar surface area (TPSA) is 0 Å². The number of allylic oxidation sites excluding steroid dienone is 5. The summed E-state index contributed by atoms with van der Waals surface area (Å²) in [6, 6.07) is 0. The summed E-state index contributed by atoms with van der Waals surface area (Å²) in [5.41, 5.74) is 0. The third-order valence-corrected chi connectivity index (χ3v) is 2.28. The lowest BCUT2D eigenvalue weighted by Gasteiger charge is -1.95. The van der Waals surface area contributed by atoms with Gasteiger partial charge >= 0.3 is 0 Å². The fraction of sp³-hybridized carbons (Fsp3) is 0.533. The van der Waals surface area contributed by atoms with Crippen LogP contribution in [-0.2, 0) is 0 Å². The maximum absolute atomic E-state index is 3.84. The van der Waals surface area contributed by atoms with Gasteiger partial charge in [-0.05, 0) is 25.7 Å². The Hall–Kier alpha value is -0.780. The first-order valence-corrected chi connectivity index (χ1v) is 6.12. The van der Waals surface area contributed by atoms with Crippen LogP contribution in [0, 0.1) is 6.92 Å². The lowest BCUT2D eigenvalue weighted by molar-refractivity contribution is 0.651. The van der Waals surface area contributed by atoms with Crippen LogP contribution in [-0.4, -0.2) is 0 Å². The van der Waals surface area contributed by atoms with Crippen molar-refractivity contribution in [3.05, 3.63) is 43.9 Å². The number of rotatable bonds is 10. The van der Waals surface area contributed by atoms with Crippen molar-refractivity contribution in [2.45, 2.75) is 51.4 Å². The van der Waals surface area contributed by atoms with Gasteiger partial charge in [0.25, 0.3) is 0 Å². The number of hydrogen-bond donors (Lipinski definition) is 0. The molecule has 0 spiro atoms. The minimum Gasteiger partial charge on any atom is -0.103 e. The molecular weight excluding hydrogens is 180 g/mol. The average Bonchev–Trinajstić information content (AvgIpc) is 2.26. The minimum atomic E-state index is 0.985. The van der Waals surface area contributed by atoms with Gasteiger partial charge in [-0.25, -0.2) is 0 Å². The van der Waals surface area contributed by atoms with Crippen molar-refractivity contribution < 1.29 is 0 Å². The van der Waals surface area contributed by atoms with Crippen LogP contribution in [0.3, 0.4) is 0 Å². The standard InChI is InChI=1S/C15H25/c1-3-5-7-9-11-13-15-14-12-10-8-6-4-2/h3,7,9,13,15H,1-2,4-6,8,10-12,14H2/b9-7-,15-13-. The third kappa shape index (κ3) is 13.2. The van der Waals surface area contributed by atoms with Gasteiger partial charge in [0.1, 0.15) is 0 Å². The number of hydrogen-bond acceptors (Lipinski definition) is 0. The molecule has 0 unspecified atom stereocenters. The summed E-state index contributed by atoms with van der Waals surface area (Å²) in [7, 11) is 0. The maximum Gasteiger partial charge on any atom is -0.0169 e. The van der Waals surface area contributed by atoms with E-state index in [0.29, 0.717) is 0 Å². The first kappa shape index (κ1) is 14.2. The Bertz CT molecular complexity index is 174. The van der Waals surface area contributed by atoms with E-state index in [1.165, 1.54) is 32.1 Å². The lowest BCUT2D eigenvalue weighted by Crippen LogP contribution is -1.75. The van der Waals surface area contributed by atoms with Crippen molar-refractivity contribution in [3.63, 3.8) is 0 Å². The molecule has 0 aliphatic heterocycles. The maximum atomic E-state index is 3.84. The van der Waals surface area contributed by atoms with E-state index in [0.717, 1.165) is 19.3 Å². The predicted molar refractivity (Wildman–Crippen MR) is 70.8 cm³/mol. The Labute approximate surface area is 95.8 Å². The smallest absolute Gasteiger partial charge is 0.0169 e. The molecule has 0 aromatic carbocycles. The zero-order valence-corrected chi connectivity index (χ0v) is 9.96. The van der Waals surface area contributed by atoms with Crippen LogP contribution in [0.15, 0.2) is 37.0 Å². The van der Waals surface area contributed by atoms with Crippen molar-refractivity contribution in [2.75, 3.05) is 0 Å². The second-order valence-corrected chi connectivity index (χ2v) is 3.76. The van der Waals surface area contributed by atoms with Gasteiger partial charge in [0.05, 0.1) is 0 Å². The molecule has 85 valence electrons. The predicted octanol–water partition coefficient (Wildman–Crippen LogP) is 5.24. The zero-order valence-electron chi connectivity index (χ0n) is 9.96. The molecule has 0 aliphatic rings. The van der Waals surface area contributed by atoms with E-state index in [2.05, 4.69) is 37.8 Å². The van der Waals surface area contributed by atoms with Gasteiger partial charge in [-0.3, -0.25) is 0 Å². The average molecular weight is 205 g/mol. The van der Waals surface area contributed by atoms with Crippen molar-refractivity contribution in [1.82, 2.24) is 0 Å². The van der Waals surface area contributed by atoms with Gasteiger partial charge in [0.2, 0.25) is 0 Å². The van der Waals surface area contributed by atoms with Crippen molar-refractivity contribution in [3.8, 4) is 0 Å². The van der Waals surface area contributed by atoms with Crippen LogP contribution in [0.2, 0.25) is 0 Å². The largest absolute Gasteiger partial charge is 0.103 e. The van der Waals surface area contributed by atoms with Gasteiger partial charge in [-0.15, -0.1) is 6.58 Å². The third-order valence-electron chi connectivity index (χ3n) is 2.28. The summed E-state index contributed by atoms with van der Waals surface area (Å²) in [5, 5.41) is 0. The second kappa shape index (κ2) is 13.2. The number of unbranched alkanes of at least 4 members (excludes halogenated alkanes) is 5. The molecule has 0 rings (SSSR count). The molecule has 0 aromatic heterocycles. The van der Waals surface area contributed by atoms with E-state index < -0.39 is 0 Å². The van der Waals surface area contributed by atoms with Crippen LogP contribution >= 0.6 is 0 Å². The summed E-state index contributed by atoms with van der Waals surface area (Å²) in [6.07, 6.45) is 20.5. The molecule has 0 heteroatoms. The van der Waals surface area contributed by atoms with E-state index in [1.54, 1.807) is 0 Å². The summed E-state index contributed by atoms with van der Waals surface area (Å²) < 4.78 is 0.